The van der Waals surface area contributed by atoms with Crippen LogP contribution in [-0.2, 0) is 16.6 Å². The van der Waals surface area contributed by atoms with E-state index in [9.17, 15) is 5.11 Å². The van der Waals surface area contributed by atoms with Crippen molar-refractivity contribution in [2.75, 3.05) is 0 Å². The van der Waals surface area contributed by atoms with E-state index in [1.807, 2.05) is 0 Å². The summed E-state index contributed by atoms with van der Waals surface area (Å²) in [6.07, 6.45) is 9.55. The number of rotatable bonds is 5. The Morgan fingerprint density at radius 3 is 2.03 bits per heavy atom. The Balaban J connectivity index is 1.93. The molecule has 0 saturated heterocycles. The molecule has 164 valence electrons. The van der Waals surface area contributed by atoms with Gasteiger partial charge in [0.05, 0.1) is 0 Å². The van der Waals surface area contributed by atoms with Gasteiger partial charge in [-0.05, 0) is 29.4 Å². The molecule has 0 aliphatic heterocycles. The third-order valence-electron chi connectivity index (χ3n) is 6.75. The van der Waals surface area contributed by atoms with Gasteiger partial charge < -0.3 is 5.11 Å². The molecule has 0 unspecified atom stereocenters. The van der Waals surface area contributed by atoms with Gasteiger partial charge in [0, 0.05) is 27.5 Å². The van der Waals surface area contributed by atoms with Gasteiger partial charge in [0.25, 0.3) is 0 Å². The maximum Gasteiger partial charge on any atom is 0.123 e. The van der Waals surface area contributed by atoms with E-state index in [4.69, 9.17) is 0 Å². The van der Waals surface area contributed by atoms with Crippen molar-refractivity contribution in [2.24, 2.45) is 0 Å². The van der Waals surface area contributed by atoms with Gasteiger partial charge in [-0.2, -0.15) is 11.8 Å². The molecule has 1 nitrogen and oxygen atoms in total. The van der Waals surface area contributed by atoms with Gasteiger partial charge in [0.1, 0.15) is 5.75 Å². The molecular weight excluding hydrogens is 384 g/mol. The fraction of sp³-hybridized carbons (Fsp3) is 0.571. The third kappa shape index (κ3) is 5.63. The second-order valence-corrected chi connectivity index (χ2v) is 11.8. The zero-order valence-electron chi connectivity index (χ0n) is 19.6. The van der Waals surface area contributed by atoms with Crippen molar-refractivity contribution in [1.29, 1.82) is 0 Å². The Bertz CT molecular complexity index is 809. The van der Waals surface area contributed by atoms with Crippen molar-refractivity contribution >= 4 is 11.8 Å². The highest BCUT2D eigenvalue weighted by molar-refractivity contribution is 7.99. The van der Waals surface area contributed by atoms with E-state index in [0.29, 0.717) is 5.75 Å². The minimum atomic E-state index is -0.244. The standard InChI is InChI=1S/C28H40OS/c1-27(2,3)23-18-21(20-30-24-16-12-7-6-8-13-17-24)26(29)25(19-23)28(4,5)22-14-10-9-11-15-22/h9-11,14-15,18-19,24,29H,6-8,12-13,16-17,20H2,1-5H3. The number of hydrogen-bond donors (Lipinski definition) is 1. The summed E-state index contributed by atoms with van der Waals surface area (Å²) in [6, 6.07) is 15.1. The lowest BCUT2D eigenvalue weighted by Gasteiger charge is -2.31. The van der Waals surface area contributed by atoms with Crippen molar-refractivity contribution in [3.63, 3.8) is 0 Å². The summed E-state index contributed by atoms with van der Waals surface area (Å²) in [7, 11) is 0. The zero-order chi connectivity index (χ0) is 21.8. The largest absolute Gasteiger partial charge is 0.507 e. The van der Waals surface area contributed by atoms with Gasteiger partial charge in [-0.1, -0.05) is 109 Å². The number of hydrogen-bond acceptors (Lipinski definition) is 2. The van der Waals surface area contributed by atoms with Crippen LogP contribution in [0.1, 0.15) is 102 Å². The highest BCUT2D eigenvalue weighted by atomic mass is 32.2. The van der Waals surface area contributed by atoms with Gasteiger partial charge in [-0.25, -0.2) is 0 Å². The topological polar surface area (TPSA) is 20.2 Å². The predicted molar refractivity (Wildman–Crippen MR) is 133 cm³/mol. The number of phenolic OH excluding ortho intramolecular Hbond substituents is 1. The minimum absolute atomic E-state index is 0.0505. The van der Waals surface area contributed by atoms with Crippen molar-refractivity contribution < 1.29 is 5.11 Å². The molecule has 1 fully saturated rings. The maximum absolute atomic E-state index is 11.4. The predicted octanol–water partition coefficient (Wildman–Crippen LogP) is 8.36. The molecule has 1 aliphatic rings. The normalized spacial score (nSPS) is 16.8. The summed E-state index contributed by atoms with van der Waals surface area (Å²) >= 11 is 2.06. The lowest BCUT2D eigenvalue weighted by atomic mass is 9.74. The van der Waals surface area contributed by atoms with Crippen LogP contribution < -0.4 is 0 Å². The molecule has 0 atom stereocenters. The lowest BCUT2D eigenvalue weighted by Crippen LogP contribution is -2.22. The molecule has 1 aliphatic carbocycles. The summed E-state index contributed by atoms with van der Waals surface area (Å²) in [4.78, 5) is 0. The van der Waals surface area contributed by atoms with E-state index >= 15 is 0 Å². The van der Waals surface area contributed by atoms with E-state index in [0.717, 1.165) is 22.1 Å². The fourth-order valence-corrected chi connectivity index (χ4v) is 5.82. The molecule has 3 rings (SSSR count). The van der Waals surface area contributed by atoms with E-state index < -0.39 is 0 Å². The molecule has 0 radical (unpaired) electrons. The first-order chi connectivity index (χ1) is 14.2. The molecule has 1 N–H and O–H groups in total. The van der Waals surface area contributed by atoms with Gasteiger partial charge >= 0.3 is 0 Å². The van der Waals surface area contributed by atoms with E-state index in [2.05, 4.69) is 88.8 Å². The third-order valence-corrected chi connectivity index (χ3v) is 8.17. The number of benzene rings is 2. The summed E-state index contributed by atoms with van der Waals surface area (Å²) in [6.45, 7) is 11.3. The first kappa shape index (κ1) is 23.3. The Morgan fingerprint density at radius 1 is 0.833 bits per heavy atom. The van der Waals surface area contributed by atoms with Crippen LogP contribution in [0.25, 0.3) is 0 Å². The smallest absolute Gasteiger partial charge is 0.123 e. The van der Waals surface area contributed by atoms with Crippen molar-refractivity contribution in [3.8, 4) is 5.75 Å². The van der Waals surface area contributed by atoms with Gasteiger partial charge in [0.15, 0.2) is 0 Å². The van der Waals surface area contributed by atoms with Crippen LogP contribution in [0, 0.1) is 0 Å². The van der Waals surface area contributed by atoms with Crippen LogP contribution >= 0.6 is 11.8 Å². The van der Waals surface area contributed by atoms with Crippen molar-refractivity contribution in [1.82, 2.24) is 0 Å². The van der Waals surface area contributed by atoms with Crippen LogP contribution in [0.2, 0.25) is 0 Å². The Morgan fingerprint density at radius 2 is 1.43 bits per heavy atom. The van der Waals surface area contributed by atoms with Crippen molar-refractivity contribution in [2.45, 2.75) is 101 Å². The molecular formula is C28H40OS. The summed E-state index contributed by atoms with van der Waals surface area (Å²) < 4.78 is 0. The monoisotopic (exact) mass is 424 g/mol. The zero-order valence-corrected chi connectivity index (χ0v) is 20.4. The molecule has 0 aromatic heterocycles. The van der Waals surface area contributed by atoms with Gasteiger partial charge in [0.2, 0.25) is 0 Å². The highest BCUT2D eigenvalue weighted by Gasteiger charge is 2.30. The average Bonchev–Trinajstić information content (AvgIpc) is 2.67. The molecule has 0 amide bonds. The van der Waals surface area contributed by atoms with E-state index in [1.54, 1.807) is 0 Å². The lowest BCUT2D eigenvalue weighted by molar-refractivity contribution is 0.446. The molecule has 0 bridgehead atoms. The summed E-state index contributed by atoms with van der Waals surface area (Å²) in [5.74, 6) is 1.40. The van der Waals surface area contributed by atoms with Crippen LogP contribution in [0.5, 0.6) is 5.75 Å². The van der Waals surface area contributed by atoms with Gasteiger partial charge in [-0.3, -0.25) is 0 Å². The quantitative estimate of drug-likeness (QED) is 0.520. The first-order valence-corrected chi connectivity index (χ1v) is 12.8. The maximum atomic E-state index is 11.4. The number of aromatic hydroxyl groups is 1. The fourth-order valence-electron chi connectivity index (χ4n) is 4.52. The molecule has 0 heterocycles. The Hall–Kier alpha value is -1.41. The molecule has 2 heteroatoms. The molecule has 2 aromatic carbocycles. The van der Waals surface area contributed by atoms with Crippen LogP contribution in [0.4, 0.5) is 0 Å². The van der Waals surface area contributed by atoms with Crippen molar-refractivity contribution in [3.05, 3.63) is 64.7 Å². The molecule has 2 aromatic rings. The first-order valence-electron chi connectivity index (χ1n) is 11.7. The molecule has 1 saturated carbocycles. The Kier molecular flexibility index (Phi) is 7.61. The number of thioether (sulfide) groups is 1. The Labute approximate surface area is 188 Å². The van der Waals surface area contributed by atoms with E-state index in [-0.39, 0.29) is 10.8 Å². The number of phenols is 1. The SMILES string of the molecule is CC(C)(C)c1cc(CSC2CCCCCCC2)c(O)c(C(C)(C)c2ccccc2)c1. The van der Waals surface area contributed by atoms with Gasteiger partial charge in [-0.15, -0.1) is 0 Å². The van der Waals surface area contributed by atoms with Crippen LogP contribution in [0.3, 0.4) is 0 Å². The van der Waals surface area contributed by atoms with E-state index in [1.165, 1.54) is 56.1 Å². The second kappa shape index (κ2) is 9.81. The van der Waals surface area contributed by atoms with Crippen LogP contribution in [-0.4, -0.2) is 10.4 Å². The second-order valence-electron chi connectivity index (χ2n) is 10.6. The molecule has 30 heavy (non-hydrogen) atoms. The molecule has 0 spiro atoms. The summed E-state index contributed by atoms with van der Waals surface area (Å²) in [5.41, 5.74) is 4.52. The summed E-state index contributed by atoms with van der Waals surface area (Å²) in [5, 5.41) is 12.1. The average molecular weight is 425 g/mol. The van der Waals surface area contributed by atoms with Crippen LogP contribution in [0.15, 0.2) is 42.5 Å². The highest BCUT2D eigenvalue weighted by Crippen LogP contribution is 2.43. The minimum Gasteiger partial charge on any atom is -0.507 e.